The summed E-state index contributed by atoms with van der Waals surface area (Å²) in [6, 6.07) is 27.3. The number of rotatable bonds is 2. The van der Waals surface area contributed by atoms with Crippen LogP contribution in [0.3, 0.4) is 0 Å². The van der Waals surface area contributed by atoms with Crippen molar-refractivity contribution in [3.63, 3.8) is 0 Å². The molecule has 0 aliphatic heterocycles. The van der Waals surface area contributed by atoms with E-state index in [0.717, 1.165) is 52.6 Å². The number of carbonyl (C=O) groups excluding carboxylic acids is 1. The van der Waals surface area contributed by atoms with Crippen molar-refractivity contribution in [2.24, 2.45) is 0 Å². The molecule has 0 atom stereocenters. The lowest BCUT2D eigenvalue weighted by molar-refractivity contribution is 0.103. The lowest BCUT2D eigenvalue weighted by Crippen LogP contribution is -2.05. The predicted octanol–water partition coefficient (Wildman–Crippen LogP) is 7.85. The zero-order valence-electron chi connectivity index (χ0n) is 16.6. The van der Waals surface area contributed by atoms with Crippen LogP contribution in [0.5, 0.6) is 0 Å². The van der Waals surface area contributed by atoms with Crippen LogP contribution in [0.2, 0.25) is 0 Å². The number of nitrogens with zero attached hydrogens (tertiary/aromatic N) is 2. The van der Waals surface area contributed by atoms with Gasteiger partial charge < -0.3 is 0 Å². The van der Waals surface area contributed by atoms with Gasteiger partial charge in [0.1, 0.15) is 0 Å². The molecule has 1 aromatic heterocycles. The maximum absolute atomic E-state index is 13.7. The van der Waals surface area contributed by atoms with E-state index in [0.29, 0.717) is 11.1 Å². The number of fused-ring (bicyclic) bond motifs is 7. The predicted molar refractivity (Wildman–Crippen MR) is 137 cm³/mol. The number of para-hydroxylation sites is 2. The summed E-state index contributed by atoms with van der Waals surface area (Å²) >= 11 is 7.25. The topological polar surface area (TPSA) is 42.9 Å². The fourth-order valence-corrected chi connectivity index (χ4v) is 5.18. The van der Waals surface area contributed by atoms with Crippen LogP contribution in [0.1, 0.15) is 15.9 Å². The third-order valence-electron chi connectivity index (χ3n) is 5.75. The van der Waals surface area contributed by atoms with Gasteiger partial charge in [-0.15, -0.1) is 0 Å². The van der Waals surface area contributed by atoms with Gasteiger partial charge in [-0.05, 0) is 41.1 Å². The molecule has 3 nitrogen and oxygen atoms in total. The molecule has 0 amide bonds. The highest BCUT2D eigenvalue weighted by molar-refractivity contribution is 9.10. The van der Waals surface area contributed by atoms with Crippen LogP contribution in [0.4, 0.5) is 0 Å². The van der Waals surface area contributed by atoms with Crippen molar-refractivity contribution >= 4 is 81.3 Å². The molecular formula is C27H14Br2N2O. The summed E-state index contributed by atoms with van der Waals surface area (Å²) in [5.74, 6) is -0.0456. The third kappa shape index (κ3) is 2.96. The van der Waals surface area contributed by atoms with Crippen molar-refractivity contribution < 1.29 is 4.79 Å². The number of aromatic nitrogens is 2. The first-order chi connectivity index (χ1) is 15.6. The molecule has 152 valence electrons. The zero-order valence-corrected chi connectivity index (χ0v) is 19.8. The largest absolute Gasteiger partial charge is 0.289 e. The number of carbonyl (C=O) groups is 1. The van der Waals surface area contributed by atoms with E-state index >= 15 is 0 Å². The van der Waals surface area contributed by atoms with Gasteiger partial charge in [-0.25, -0.2) is 9.97 Å². The lowest BCUT2D eigenvalue weighted by Gasteiger charge is -2.15. The monoisotopic (exact) mass is 540 g/mol. The van der Waals surface area contributed by atoms with E-state index in [9.17, 15) is 4.79 Å². The summed E-state index contributed by atoms with van der Waals surface area (Å²) in [4.78, 5) is 23.7. The first-order valence-corrected chi connectivity index (χ1v) is 11.7. The maximum atomic E-state index is 13.7. The second-order valence-corrected chi connectivity index (χ2v) is 9.41. The number of ketones is 1. The number of hydrogen-bond acceptors (Lipinski definition) is 3. The first-order valence-electron chi connectivity index (χ1n) is 10.1. The average Bonchev–Trinajstić information content (AvgIpc) is 2.83. The Labute approximate surface area is 200 Å². The Balaban J connectivity index is 1.87. The normalized spacial score (nSPS) is 11.6. The highest BCUT2D eigenvalue weighted by Crippen LogP contribution is 2.40. The van der Waals surface area contributed by atoms with Crippen LogP contribution >= 0.6 is 31.9 Å². The Hall–Kier alpha value is -3.15. The molecule has 0 N–H and O–H groups in total. The van der Waals surface area contributed by atoms with E-state index < -0.39 is 0 Å². The smallest absolute Gasteiger partial charge is 0.194 e. The van der Waals surface area contributed by atoms with Gasteiger partial charge in [-0.2, -0.15) is 0 Å². The van der Waals surface area contributed by atoms with Crippen molar-refractivity contribution in [2.75, 3.05) is 0 Å². The Morgan fingerprint density at radius 2 is 1.31 bits per heavy atom. The molecule has 5 aromatic carbocycles. The van der Waals surface area contributed by atoms with Gasteiger partial charge in [0.25, 0.3) is 0 Å². The van der Waals surface area contributed by atoms with Crippen LogP contribution in [0, 0.1) is 0 Å². The second kappa shape index (κ2) is 7.47. The standard InChI is InChI=1S/C27H14Br2N2O/c28-16-10-11-17-18-12-13-20(29)24(27(32)15-6-2-1-3-7-15)23(18)26-25(19(17)14-16)30-21-8-4-5-9-22(21)31-26/h1-14H. The van der Waals surface area contributed by atoms with E-state index in [2.05, 4.69) is 44.0 Å². The molecule has 0 aliphatic rings. The maximum Gasteiger partial charge on any atom is 0.194 e. The van der Waals surface area contributed by atoms with Crippen LogP contribution in [-0.4, -0.2) is 15.8 Å². The Kier molecular flexibility index (Phi) is 4.56. The molecule has 0 saturated heterocycles. The molecule has 0 saturated carbocycles. The average molecular weight is 542 g/mol. The van der Waals surface area contributed by atoms with Gasteiger partial charge in [-0.1, -0.05) is 86.5 Å². The van der Waals surface area contributed by atoms with Crippen molar-refractivity contribution in [1.82, 2.24) is 9.97 Å². The Morgan fingerprint density at radius 1 is 0.656 bits per heavy atom. The minimum Gasteiger partial charge on any atom is -0.289 e. The molecule has 6 rings (SSSR count). The molecule has 32 heavy (non-hydrogen) atoms. The minimum absolute atomic E-state index is 0.0456. The molecule has 1 heterocycles. The van der Waals surface area contributed by atoms with Crippen molar-refractivity contribution in [3.05, 3.63) is 105 Å². The Morgan fingerprint density at radius 3 is 2.06 bits per heavy atom. The van der Waals surface area contributed by atoms with Crippen molar-refractivity contribution in [2.45, 2.75) is 0 Å². The number of hydrogen-bond donors (Lipinski definition) is 0. The molecule has 6 aromatic rings. The summed E-state index contributed by atoms with van der Waals surface area (Å²) in [7, 11) is 0. The molecule has 0 fully saturated rings. The van der Waals surface area contributed by atoms with Crippen LogP contribution < -0.4 is 0 Å². The van der Waals surface area contributed by atoms with Gasteiger partial charge in [-0.3, -0.25) is 4.79 Å². The summed E-state index contributed by atoms with van der Waals surface area (Å²) < 4.78 is 1.71. The summed E-state index contributed by atoms with van der Waals surface area (Å²) in [6.45, 7) is 0. The lowest BCUT2D eigenvalue weighted by atomic mass is 9.92. The van der Waals surface area contributed by atoms with Crippen LogP contribution in [0.25, 0.3) is 43.6 Å². The summed E-state index contributed by atoms with van der Waals surface area (Å²) in [6.07, 6.45) is 0. The van der Waals surface area contributed by atoms with E-state index in [1.165, 1.54) is 0 Å². The van der Waals surface area contributed by atoms with Crippen LogP contribution in [-0.2, 0) is 0 Å². The quantitative estimate of drug-likeness (QED) is 0.127. The van der Waals surface area contributed by atoms with Crippen molar-refractivity contribution in [3.8, 4) is 0 Å². The molecular weight excluding hydrogens is 528 g/mol. The van der Waals surface area contributed by atoms with Crippen LogP contribution in [0.15, 0.2) is 93.9 Å². The highest BCUT2D eigenvalue weighted by Gasteiger charge is 2.22. The summed E-state index contributed by atoms with van der Waals surface area (Å²) in [5.41, 5.74) is 4.38. The zero-order chi connectivity index (χ0) is 21.8. The fraction of sp³-hybridized carbons (Fsp3) is 0. The molecule has 0 spiro atoms. The second-order valence-electron chi connectivity index (χ2n) is 7.64. The molecule has 0 bridgehead atoms. The SMILES string of the molecule is O=C(c1ccccc1)c1c(Br)ccc2c3ccc(Br)cc3c3nc4ccccc4nc3c12. The summed E-state index contributed by atoms with van der Waals surface area (Å²) in [5, 5.41) is 3.83. The molecule has 0 radical (unpaired) electrons. The number of benzene rings is 5. The van der Waals surface area contributed by atoms with E-state index in [4.69, 9.17) is 9.97 Å². The fourth-order valence-electron chi connectivity index (χ4n) is 4.31. The van der Waals surface area contributed by atoms with Gasteiger partial charge in [0.05, 0.1) is 22.1 Å². The number of halogens is 2. The molecule has 0 unspecified atom stereocenters. The van der Waals surface area contributed by atoms with E-state index in [-0.39, 0.29) is 5.78 Å². The van der Waals surface area contributed by atoms with Gasteiger partial charge >= 0.3 is 0 Å². The van der Waals surface area contributed by atoms with E-state index in [1.54, 1.807) is 0 Å². The first kappa shape index (κ1) is 19.5. The molecule has 5 heteroatoms. The van der Waals surface area contributed by atoms with Crippen molar-refractivity contribution in [1.29, 1.82) is 0 Å². The highest BCUT2D eigenvalue weighted by atomic mass is 79.9. The molecule has 0 aliphatic carbocycles. The van der Waals surface area contributed by atoms with E-state index in [1.807, 2.05) is 72.8 Å². The van der Waals surface area contributed by atoms with Gasteiger partial charge in [0.15, 0.2) is 5.78 Å². The van der Waals surface area contributed by atoms with Gasteiger partial charge in [0, 0.05) is 30.8 Å². The third-order valence-corrected chi connectivity index (χ3v) is 6.91. The van der Waals surface area contributed by atoms with Gasteiger partial charge in [0.2, 0.25) is 0 Å². The minimum atomic E-state index is -0.0456. The Bertz CT molecular complexity index is 1710.